The van der Waals surface area contributed by atoms with E-state index in [2.05, 4.69) is 5.32 Å². The van der Waals surface area contributed by atoms with Crippen LogP contribution in [0.15, 0.2) is 42.5 Å². The maximum absolute atomic E-state index is 13.1. The first-order valence-corrected chi connectivity index (χ1v) is 10.8. The highest BCUT2D eigenvalue weighted by molar-refractivity contribution is 6.42. The molecule has 0 aromatic heterocycles. The quantitative estimate of drug-likeness (QED) is 0.640. The van der Waals surface area contributed by atoms with E-state index in [9.17, 15) is 22.8 Å². The number of anilines is 1. The molecule has 172 valence electrons. The zero-order valence-corrected chi connectivity index (χ0v) is 18.6. The van der Waals surface area contributed by atoms with Crippen molar-refractivity contribution in [2.24, 2.45) is 0 Å². The third-order valence-corrected chi connectivity index (χ3v) is 6.10. The van der Waals surface area contributed by atoms with Gasteiger partial charge in [0, 0.05) is 32.6 Å². The molecule has 1 fully saturated rings. The van der Waals surface area contributed by atoms with Crippen molar-refractivity contribution in [2.45, 2.75) is 19.0 Å². The van der Waals surface area contributed by atoms with Crippen LogP contribution in [0.2, 0.25) is 10.0 Å². The first-order valence-electron chi connectivity index (χ1n) is 10.0. The Morgan fingerprint density at radius 2 is 1.66 bits per heavy atom. The molecule has 1 N–H and O–H groups in total. The number of aryl methyl sites for hydroxylation is 1. The summed E-state index contributed by atoms with van der Waals surface area (Å²) in [5.74, 6) is -0.554. The molecule has 0 radical (unpaired) electrons. The zero-order valence-electron chi connectivity index (χ0n) is 17.1. The number of halogens is 5. The predicted octanol–water partition coefficient (Wildman–Crippen LogP) is 4.73. The van der Waals surface area contributed by atoms with Gasteiger partial charge in [-0.25, -0.2) is 0 Å². The second-order valence-electron chi connectivity index (χ2n) is 7.46. The smallest absolute Gasteiger partial charge is 0.340 e. The number of carbonyl (C=O) groups excluding carboxylic acids is 2. The molecule has 5 nitrogen and oxygen atoms in total. The van der Waals surface area contributed by atoms with Gasteiger partial charge in [-0.3, -0.25) is 14.5 Å². The molecule has 1 aliphatic rings. The Morgan fingerprint density at radius 1 is 0.969 bits per heavy atom. The van der Waals surface area contributed by atoms with Crippen molar-refractivity contribution in [3.8, 4) is 0 Å². The Bertz CT molecular complexity index is 977. The number of nitrogens with zero attached hydrogens (tertiary/aromatic N) is 2. The molecule has 3 rings (SSSR count). The van der Waals surface area contributed by atoms with Gasteiger partial charge < -0.3 is 10.2 Å². The Hall–Kier alpha value is -2.29. The Kier molecular flexibility index (Phi) is 8.03. The van der Waals surface area contributed by atoms with E-state index in [1.807, 2.05) is 11.0 Å². The van der Waals surface area contributed by atoms with Gasteiger partial charge >= 0.3 is 6.18 Å². The number of hydrogen-bond donors (Lipinski definition) is 1. The lowest BCUT2D eigenvalue weighted by atomic mass is 10.1. The minimum atomic E-state index is -4.55. The number of benzene rings is 2. The van der Waals surface area contributed by atoms with E-state index < -0.39 is 17.6 Å². The average Bonchev–Trinajstić information content (AvgIpc) is 2.74. The van der Waals surface area contributed by atoms with Crippen LogP contribution in [0.4, 0.5) is 18.9 Å². The molecule has 0 atom stereocenters. The Morgan fingerprint density at radius 3 is 2.34 bits per heavy atom. The minimum absolute atomic E-state index is 0.0238. The third kappa shape index (κ3) is 6.37. The van der Waals surface area contributed by atoms with E-state index in [1.54, 1.807) is 17.0 Å². The summed E-state index contributed by atoms with van der Waals surface area (Å²) >= 11 is 12.2. The first-order chi connectivity index (χ1) is 15.1. The number of carbonyl (C=O) groups is 2. The molecule has 0 spiro atoms. The SMILES string of the molecule is O=C(CN1CCN(C(=O)CCc2cccc(Cl)c2Cl)CC1)Nc1ccccc1C(F)(F)F. The predicted molar refractivity (Wildman–Crippen MR) is 118 cm³/mol. The molecule has 32 heavy (non-hydrogen) atoms. The summed E-state index contributed by atoms with van der Waals surface area (Å²) in [6, 6.07) is 10.2. The van der Waals surface area contributed by atoms with Crippen LogP contribution in [0.25, 0.3) is 0 Å². The zero-order chi connectivity index (χ0) is 23.3. The molecule has 0 unspecified atom stereocenters. The molecule has 1 saturated heterocycles. The van der Waals surface area contributed by atoms with E-state index >= 15 is 0 Å². The number of hydrogen-bond acceptors (Lipinski definition) is 3. The van der Waals surface area contributed by atoms with Crippen LogP contribution in [0.3, 0.4) is 0 Å². The van der Waals surface area contributed by atoms with Crippen LogP contribution >= 0.6 is 23.2 Å². The van der Waals surface area contributed by atoms with Crippen molar-refractivity contribution in [2.75, 3.05) is 38.0 Å². The fourth-order valence-electron chi connectivity index (χ4n) is 3.53. The fourth-order valence-corrected chi connectivity index (χ4v) is 3.94. The second-order valence-corrected chi connectivity index (χ2v) is 8.25. The third-order valence-electron chi connectivity index (χ3n) is 5.24. The molecule has 1 heterocycles. The van der Waals surface area contributed by atoms with Gasteiger partial charge in [0.1, 0.15) is 0 Å². The lowest BCUT2D eigenvalue weighted by Gasteiger charge is -2.34. The number of alkyl halides is 3. The molecule has 1 aliphatic heterocycles. The summed E-state index contributed by atoms with van der Waals surface area (Å²) in [7, 11) is 0. The largest absolute Gasteiger partial charge is 0.418 e. The summed E-state index contributed by atoms with van der Waals surface area (Å²) < 4.78 is 39.2. The van der Waals surface area contributed by atoms with Crippen LogP contribution in [-0.4, -0.2) is 54.3 Å². The summed E-state index contributed by atoms with van der Waals surface area (Å²) in [4.78, 5) is 28.3. The first kappa shape index (κ1) is 24.4. The van der Waals surface area contributed by atoms with Crippen molar-refractivity contribution in [1.82, 2.24) is 9.80 Å². The summed E-state index contributed by atoms with van der Waals surface area (Å²) in [5, 5.41) is 3.24. The van der Waals surface area contributed by atoms with Crippen LogP contribution in [-0.2, 0) is 22.2 Å². The number of para-hydroxylation sites is 1. The topological polar surface area (TPSA) is 52.7 Å². The van der Waals surface area contributed by atoms with Crippen molar-refractivity contribution < 1.29 is 22.8 Å². The highest BCUT2D eigenvalue weighted by Gasteiger charge is 2.33. The monoisotopic (exact) mass is 487 g/mol. The van der Waals surface area contributed by atoms with Crippen LogP contribution in [0.5, 0.6) is 0 Å². The standard InChI is InChI=1S/C22H22Cl2F3N3O2/c23-17-6-3-4-15(21(17)24)8-9-20(32)30-12-10-29(11-13-30)14-19(31)28-18-7-2-1-5-16(18)22(25,26)27/h1-7H,8-14H2,(H,28,31). The molecule has 0 bridgehead atoms. The van der Waals surface area contributed by atoms with E-state index in [-0.39, 0.29) is 24.6 Å². The number of piperazine rings is 1. The molecule has 0 saturated carbocycles. The van der Waals surface area contributed by atoms with Crippen molar-refractivity contribution in [3.05, 3.63) is 63.6 Å². The number of amides is 2. The maximum Gasteiger partial charge on any atom is 0.418 e. The van der Waals surface area contributed by atoms with Gasteiger partial charge in [0.25, 0.3) is 0 Å². The molecule has 2 amide bonds. The minimum Gasteiger partial charge on any atom is -0.340 e. The number of nitrogens with one attached hydrogen (secondary N) is 1. The lowest BCUT2D eigenvalue weighted by molar-refractivity contribution is -0.137. The molecule has 2 aromatic rings. The van der Waals surface area contributed by atoms with Gasteiger partial charge in [0.05, 0.1) is 27.8 Å². The van der Waals surface area contributed by atoms with Gasteiger partial charge in [0.2, 0.25) is 11.8 Å². The van der Waals surface area contributed by atoms with Crippen LogP contribution in [0, 0.1) is 0 Å². The lowest BCUT2D eigenvalue weighted by Crippen LogP contribution is -2.50. The Balaban J connectivity index is 1.46. The van der Waals surface area contributed by atoms with Gasteiger partial charge in [-0.15, -0.1) is 0 Å². The highest BCUT2D eigenvalue weighted by Crippen LogP contribution is 2.34. The van der Waals surface area contributed by atoms with E-state index in [4.69, 9.17) is 23.2 Å². The number of rotatable bonds is 6. The van der Waals surface area contributed by atoms with Crippen LogP contribution < -0.4 is 5.32 Å². The highest BCUT2D eigenvalue weighted by atomic mass is 35.5. The van der Waals surface area contributed by atoms with Crippen molar-refractivity contribution in [1.29, 1.82) is 0 Å². The van der Waals surface area contributed by atoms with Gasteiger partial charge in [-0.2, -0.15) is 13.2 Å². The average molecular weight is 488 g/mol. The summed E-state index contributed by atoms with van der Waals surface area (Å²) in [6.45, 7) is 1.74. The normalized spacial score (nSPS) is 15.0. The fraction of sp³-hybridized carbons (Fsp3) is 0.364. The second kappa shape index (κ2) is 10.6. The van der Waals surface area contributed by atoms with E-state index in [0.29, 0.717) is 42.6 Å². The molecule has 2 aromatic carbocycles. The molecule has 0 aliphatic carbocycles. The maximum atomic E-state index is 13.1. The van der Waals surface area contributed by atoms with Gasteiger partial charge in [-0.05, 0) is 30.2 Å². The van der Waals surface area contributed by atoms with E-state index in [0.717, 1.165) is 11.6 Å². The van der Waals surface area contributed by atoms with Gasteiger partial charge in [0.15, 0.2) is 0 Å². The molecular weight excluding hydrogens is 466 g/mol. The molecule has 10 heteroatoms. The Labute approximate surface area is 194 Å². The van der Waals surface area contributed by atoms with E-state index in [1.165, 1.54) is 18.2 Å². The molecular formula is C22H22Cl2F3N3O2. The van der Waals surface area contributed by atoms with Crippen molar-refractivity contribution >= 4 is 40.7 Å². The summed E-state index contributed by atoms with van der Waals surface area (Å²) in [5.41, 5.74) is -0.343. The van der Waals surface area contributed by atoms with Crippen LogP contribution in [0.1, 0.15) is 17.5 Å². The van der Waals surface area contributed by atoms with Gasteiger partial charge in [-0.1, -0.05) is 47.5 Å². The van der Waals surface area contributed by atoms with Crippen molar-refractivity contribution in [3.63, 3.8) is 0 Å². The summed E-state index contributed by atoms with van der Waals surface area (Å²) in [6.07, 6.45) is -3.79.